The highest BCUT2D eigenvalue weighted by Gasteiger charge is 2.11. The molecule has 0 aromatic heterocycles. The first-order valence-corrected chi connectivity index (χ1v) is 4.36. The SMILES string of the molecule is CC1=CCC2=C(CC=CC2)C1. The summed E-state index contributed by atoms with van der Waals surface area (Å²) in [7, 11) is 0. The molecule has 11 heavy (non-hydrogen) atoms. The van der Waals surface area contributed by atoms with Crippen LogP contribution in [-0.2, 0) is 0 Å². The van der Waals surface area contributed by atoms with Crippen molar-refractivity contribution >= 4 is 0 Å². The van der Waals surface area contributed by atoms with Crippen molar-refractivity contribution < 1.29 is 0 Å². The average Bonchev–Trinajstić information content (AvgIpc) is 2.04. The Labute approximate surface area is 68.3 Å². The van der Waals surface area contributed by atoms with E-state index >= 15 is 0 Å². The summed E-state index contributed by atoms with van der Waals surface area (Å²) in [5, 5.41) is 0. The van der Waals surface area contributed by atoms with E-state index in [0.717, 1.165) is 0 Å². The Kier molecular flexibility index (Phi) is 1.69. The van der Waals surface area contributed by atoms with Crippen LogP contribution in [0, 0.1) is 0 Å². The molecule has 0 unspecified atom stereocenters. The van der Waals surface area contributed by atoms with Crippen LogP contribution in [0.2, 0.25) is 0 Å². The fourth-order valence-corrected chi connectivity index (χ4v) is 1.87. The van der Waals surface area contributed by atoms with Gasteiger partial charge in [-0.2, -0.15) is 0 Å². The second-order valence-corrected chi connectivity index (χ2v) is 3.52. The van der Waals surface area contributed by atoms with Crippen LogP contribution >= 0.6 is 0 Å². The zero-order valence-electron chi connectivity index (χ0n) is 7.06. The molecule has 2 aliphatic carbocycles. The normalized spacial score (nSPS) is 23.2. The topological polar surface area (TPSA) is 0 Å². The minimum Gasteiger partial charge on any atom is -0.0841 e. The third-order valence-corrected chi connectivity index (χ3v) is 2.58. The smallest absolute Gasteiger partial charge is 0.0105 e. The van der Waals surface area contributed by atoms with E-state index in [0.29, 0.717) is 0 Å². The molecule has 0 N–H and O–H groups in total. The van der Waals surface area contributed by atoms with Crippen molar-refractivity contribution in [2.75, 3.05) is 0 Å². The van der Waals surface area contributed by atoms with Gasteiger partial charge in [0, 0.05) is 0 Å². The van der Waals surface area contributed by atoms with Crippen molar-refractivity contribution in [3.05, 3.63) is 34.9 Å². The Balaban J connectivity index is 2.18. The van der Waals surface area contributed by atoms with E-state index in [9.17, 15) is 0 Å². The van der Waals surface area contributed by atoms with E-state index in [-0.39, 0.29) is 0 Å². The van der Waals surface area contributed by atoms with Gasteiger partial charge in [-0.05, 0) is 32.6 Å². The fourth-order valence-electron chi connectivity index (χ4n) is 1.87. The zero-order valence-corrected chi connectivity index (χ0v) is 7.06. The molecule has 0 radical (unpaired) electrons. The number of rotatable bonds is 0. The number of hydrogen-bond acceptors (Lipinski definition) is 0. The maximum Gasteiger partial charge on any atom is -0.0105 e. The molecule has 0 heterocycles. The van der Waals surface area contributed by atoms with E-state index in [1.807, 2.05) is 0 Å². The van der Waals surface area contributed by atoms with Crippen LogP contribution in [-0.4, -0.2) is 0 Å². The van der Waals surface area contributed by atoms with Gasteiger partial charge >= 0.3 is 0 Å². The first-order valence-electron chi connectivity index (χ1n) is 4.36. The van der Waals surface area contributed by atoms with Gasteiger partial charge in [0.15, 0.2) is 0 Å². The Morgan fingerprint density at radius 3 is 2.55 bits per heavy atom. The lowest BCUT2D eigenvalue weighted by Crippen LogP contribution is -2.00. The first-order chi connectivity index (χ1) is 5.36. The largest absolute Gasteiger partial charge is 0.0841 e. The summed E-state index contributed by atoms with van der Waals surface area (Å²) in [4.78, 5) is 0. The Morgan fingerprint density at radius 1 is 1.00 bits per heavy atom. The third-order valence-electron chi connectivity index (χ3n) is 2.58. The molecule has 0 fully saturated rings. The van der Waals surface area contributed by atoms with Gasteiger partial charge in [0.25, 0.3) is 0 Å². The molecule has 0 aromatic carbocycles. The van der Waals surface area contributed by atoms with Crippen molar-refractivity contribution in [2.45, 2.75) is 32.6 Å². The predicted molar refractivity (Wildman–Crippen MR) is 48.4 cm³/mol. The highest BCUT2D eigenvalue weighted by molar-refractivity contribution is 5.33. The van der Waals surface area contributed by atoms with Crippen LogP contribution in [0.1, 0.15) is 32.6 Å². The van der Waals surface area contributed by atoms with Crippen molar-refractivity contribution in [3.8, 4) is 0 Å². The average molecular weight is 146 g/mol. The molecular weight excluding hydrogens is 132 g/mol. The van der Waals surface area contributed by atoms with Crippen LogP contribution in [0.25, 0.3) is 0 Å². The quantitative estimate of drug-likeness (QED) is 0.460. The summed E-state index contributed by atoms with van der Waals surface area (Å²) in [6, 6.07) is 0. The van der Waals surface area contributed by atoms with E-state index < -0.39 is 0 Å². The molecule has 0 aromatic rings. The molecule has 2 aliphatic rings. The van der Waals surface area contributed by atoms with Gasteiger partial charge < -0.3 is 0 Å². The Hall–Kier alpha value is -0.780. The first kappa shape index (κ1) is 6.90. The summed E-state index contributed by atoms with van der Waals surface area (Å²) < 4.78 is 0. The van der Waals surface area contributed by atoms with Crippen LogP contribution in [0.4, 0.5) is 0 Å². The summed E-state index contributed by atoms with van der Waals surface area (Å²) >= 11 is 0. The van der Waals surface area contributed by atoms with Crippen LogP contribution in [0.15, 0.2) is 34.9 Å². The lowest BCUT2D eigenvalue weighted by Gasteiger charge is -2.20. The zero-order chi connectivity index (χ0) is 7.68. The van der Waals surface area contributed by atoms with E-state index in [1.165, 1.54) is 25.7 Å². The van der Waals surface area contributed by atoms with Gasteiger partial charge in [-0.1, -0.05) is 34.9 Å². The lowest BCUT2D eigenvalue weighted by atomic mass is 9.86. The summed E-state index contributed by atoms with van der Waals surface area (Å²) in [5.41, 5.74) is 4.92. The molecule has 0 nitrogen and oxygen atoms in total. The van der Waals surface area contributed by atoms with Crippen LogP contribution in [0.5, 0.6) is 0 Å². The van der Waals surface area contributed by atoms with Gasteiger partial charge in [0.2, 0.25) is 0 Å². The van der Waals surface area contributed by atoms with Crippen molar-refractivity contribution in [1.82, 2.24) is 0 Å². The summed E-state index contributed by atoms with van der Waals surface area (Å²) in [6.07, 6.45) is 11.8. The van der Waals surface area contributed by atoms with Gasteiger partial charge in [-0.15, -0.1) is 0 Å². The second kappa shape index (κ2) is 2.69. The van der Waals surface area contributed by atoms with Crippen molar-refractivity contribution in [2.24, 2.45) is 0 Å². The highest BCUT2D eigenvalue weighted by Crippen LogP contribution is 2.31. The number of allylic oxidation sites excluding steroid dienone is 6. The molecule has 0 spiro atoms. The van der Waals surface area contributed by atoms with Gasteiger partial charge in [-0.3, -0.25) is 0 Å². The maximum absolute atomic E-state index is 2.37. The van der Waals surface area contributed by atoms with E-state index in [1.54, 1.807) is 16.7 Å². The molecule has 0 bridgehead atoms. The molecule has 0 saturated carbocycles. The summed E-state index contributed by atoms with van der Waals surface area (Å²) in [5.74, 6) is 0. The minimum absolute atomic E-state index is 1.21. The molecule has 2 rings (SSSR count). The van der Waals surface area contributed by atoms with Gasteiger partial charge in [-0.25, -0.2) is 0 Å². The monoisotopic (exact) mass is 146 g/mol. The van der Waals surface area contributed by atoms with Gasteiger partial charge in [0.05, 0.1) is 0 Å². The minimum atomic E-state index is 1.21. The molecule has 0 amide bonds. The lowest BCUT2D eigenvalue weighted by molar-refractivity contribution is 0.883. The van der Waals surface area contributed by atoms with E-state index in [2.05, 4.69) is 25.2 Å². The van der Waals surface area contributed by atoms with Gasteiger partial charge in [0.1, 0.15) is 0 Å². The second-order valence-electron chi connectivity index (χ2n) is 3.52. The third kappa shape index (κ3) is 1.30. The Morgan fingerprint density at radius 2 is 1.73 bits per heavy atom. The van der Waals surface area contributed by atoms with Crippen LogP contribution in [0.3, 0.4) is 0 Å². The van der Waals surface area contributed by atoms with Crippen molar-refractivity contribution in [1.29, 1.82) is 0 Å². The predicted octanol–water partition coefficient (Wildman–Crippen LogP) is 3.37. The Bertz CT molecular complexity index is 251. The number of hydrogen-bond donors (Lipinski definition) is 0. The highest BCUT2D eigenvalue weighted by atomic mass is 14.2. The maximum atomic E-state index is 2.37. The molecular formula is C11H14. The van der Waals surface area contributed by atoms with E-state index in [4.69, 9.17) is 0 Å². The molecule has 0 aliphatic heterocycles. The fraction of sp³-hybridized carbons (Fsp3) is 0.455. The standard InChI is InChI=1S/C11H14/c1-9-6-7-10-4-2-3-5-11(10)8-9/h2-3,6H,4-5,7-8H2,1H3. The summed E-state index contributed by atoms with van der Waals surface area (Å²) in [6.45, 7) is 2.24. The molecule has 0 heteroatoms. The molecule has 58 valence electrons. The molecule has 0 atom stereocenters. The molecule has 0 saturated heterocycles. The van der Waals surface area contributed by atoms with Crippen LogP contribution < -0.4 is 0 Å². The van der Waals surface area contributed by atoms with Crippen molar-refractivity contribution in [3.63, 3.8) is 0 Å².